The summed E-state index contributed by atoms with van der Waals surface area (Å²) in [5, 5.41) is 27.3. The fraction of sp³-hybridized carbons (Fsp3) is 1.00. The van der Waals surface area contributed by atoms with Crippen molar-refractivity contribution in [3.8, 4) is 0 Å². The second kappa shape index (κ2) is 14.8. The summed E-state index contributed by atoms with van der Waals surface area (Å²) < 4.78 is 31.8. The van der Waals surface area contributed by atoms with Crippen LogP contribution in [0.2, 0.25) is 0 Å². The summed E-state index contributed by atoms with van der Waals surface area (Å²) in [4.78, 5) is 0. The monoisotopic (exact) mass is 386 g/mol. The van der Waals surface area contributed by atoms with Crippen LogP contribution in [0.25, 0.3) is 0 Å². The van der Waals surface area contributed by atoms with Crippen LogP contribution in [0.5, 0.6) is 0 Å². The zero-order chi connectivity index (χ0) is 19.0. The zero-order valence-corrected chi connectivity index (χ0v) is 16.3. The van der Waals surface area contributed by atoms with E-state index in [2.05, 4.69) is 11.1 Å². The quantitative estimate of drug-likeness (QED) is 0.187. The summed E-state index contributed by atoms with van der Waals surface area (Å²) in [7, 11) is -4.20. The van der Waals surface area contributed by atoms with Crippen molar-refractivity contribution in [2.75, 3.05) is 33.5 Å². The molecule has 0 aromatic carbocycles. The van der Waals surface area contributed by atoms with Gasteiger partial charge in [-0.3, -0.25) is 0 Å². The molecule has 0 aliphatic heterocycles. The molecule has 0 spiro atoms. The summed E-state index contributed by atoms with van der Waals surface area (Å²) in [6.07, 6.45) is 11.4. The molecule has 0 rings (SSSR count). The highest BCUT2D eigenvalue weighted by Gasteiger charge is 2.28. The first-order valence-electron chi connectivity index (χ1n) is 9.16. The molecule has 25 heavy (non-hydrogen) atoms. The Morgan fingerprint density at radius 2 is 1.16 bits per heavy atom. The molecule has 3 N–H and O–H groups in total. The van der Waals surface area contributed by atoms with Gasteiger partial charge >= 0.3 is 10.4 Å². The molecule has 0 fully saturated rings. The fourth-order valence-corrected chi connectivity index (χ4v) is 2.96. The van der Waals surface area contributed by atoms with E-state index in [1.165, 1.54) is 38.5 Å². The predicted molar refractivity (Wildman–Crippen MR) is 94.2 cm³/mol. The Balaban J connectivity index is 3.69. The van der Waals surface area contributed by atoms with Gasteiger partial charge in [0.2, 0.25) is 6.73 Å². The molecule has 0 bridgehead atoms. The van der Waals surface area contributed by atoms with Gasteiger partial charge in [0.1, 0.15) is 0 Å². The number of hydrogen-bond acceptors (Lipinski definition) is 7. The van der Waals surface area contributed by atoms with Crippen LogP contribution in [-0.4, -0.2) is 61.8 Å². The molecule has 0 aliphatic rings. The third-order valence-electron chi connectivity index (χ3n) is 4.10. The first-order chi connectivity index (χ1) is 11.9. The van der Waals surface area contributed by atoms with Crippen molar-refractivity contribution in [3.63, 3.8) is 0 Å². The maximum Gasteiger partial charge on any atom is 0.404 e. The summed E-state index contributed by atoms with van der Waals surface area (Å²) in [6.45, 7) is -0.308. The molecular weight excluding hydrogens is 350 g/mol. The molecule has 8 nitrogen and oxygen atoms in total. The van der Waals surface area contributed by atoms with Gasteiger partial charge in [-0.15, -0.1) is 0 Å². The van der Waals surface area contributed by atoms with E-state index < -0.39 is 41.8 Å². The lowest BCUT2D eigenvalue weighted by atomic mass is 10.1. The number of aliphatic hydroxyl groups excluding tert-OH is 3. The molecule has 152 valence electrons. The first-order valence-corrected chi connectivity index (χ1v) is 10.5. The van der Waals surface area contributed by atoms with Crippen molar-refractivity contribution >= 4 is 10.4 Å². The third-order valence-corrected chi connectivity index (χ3v) is 4.95. The SMILES string of the molecule is CCCCCCCCCCCCOS(=O)(=O)OC[N+](CO)(CO)CO. The van der Waals surface area contributed by atoms with Gasteiger partial charge in [-0.05, 0) is 6.42 Å². The lowest BCUT2D eigenvalue weighted by Gasteiger charge is -2.30. The zero-order valence-electron chi connectivity index (χ0n) is 15.4. The minimum Gasteiger partial charge on any atom is -0.347 e. The Bertz CT molecular complexity index is 391. The maximum absolute atomic E-state index is 11.6. The van der Waals surface area contributed by atoms with Crippen molar-refractivity contribution in [3.05, 3.63) is 0 Å². The Labute approximate surface area is 152 Å². The molecule has 0 aromatic heterocycles. The standard InChI is InChI=1S/C16H36NO7S/c1-2-3-4-5-6-7-8-9-10-11-12-23-25(21,22)24-16-17(13-18,14-19)15-20/h18-20H,2-16H2,1H3/q+1. The van der Waals surface area contributed by atoms with Crippen molar-refractivity contribution in [1.29, 1.82) is 0 Å². The van der Waals surface area contributed by atoms with Crippen molar-refractivity contribution in [1.82, 2.24) is 0 Å². The van der Waals surface area contributed by atoms with Crippen molar-refractivity contribution in [2.24, 2.45) is 0 Å². The topological polar surface area (TPSA) is 113 Å². The van der Waals surface area contributed by atoms with E-state index in [1.807, 2.05) is 0 Å². The van der Waals surface area contributed by atoms with Gasteiger partial charge in [-0.2, -0.15) is 12.6 Å². The number of nitrogens with zero attached hydrogens (tertiary/aromatic N) is 1. The smallest absolute Gasteiger partial charge is 0.347 e. The number of hydrogen-bond donors (Lipinski definition) is 3. The number of aliphatic hydroxyl groups is 3. The molecule has 0 saturated carbocycles. The average Bonchev–Trinajstić information content (AvgIpc) is 2.61. The Hall–Kier alpha value is -0.290. The summed E-state index contributed by atoms with van der Waals surface area (Å²) in [6, 6.07) is 0. The Morgan fingerprint density at radius 3 is 1.60 bits per heavy atom. The minimum absolute atomic E-state index is 0.0379. The summed E-state index contributed by atoms with van der Waals surface area (Å²) >= 11 is 0. The number of rotatable bonds is 18. The van der Waals surface area contributed by atoms with Gasteiger partial charge in [0.25, 0.3) is 0 Å². The van der Waals surface area contributed by atoms with E-state index in [4.69, 9.17) is 19.5 Å². The van der Waals surface area contributed by atoms with Crippen LogP contribution in [0.15, 0.2) is 0 Å². The molecule has 0 heterocycles. The molecule has 0 saturated heterocycles. The highest BCUT2D eigenvalue weighted by atomic mass is 32.3. The van der Waals surface area contributed by atoms with Gasteiger partial charge in [-0.25, -0.2) is 8.67 Å². The Morgan fingerprint density at radius 1 is 0.720 bits per heavy atom. The van der Waals surface area contributed by atoms with Crippen molar-refractivity contribution < 1.29 is 36.6 Å². The van der Waals surface area contributed by atoms with Crippen LogP contribution >= 0.6 is 0 Å². The first kappa shape index (κ1) is 24.7. The van der Waals surface area contributed by atoms with Crippen LogP contribution in [0.3, 0.4) is 0 Å². The van der Waals surface area contributed by atoms with E-state index in [0.717, 1.165) is 19.3 Å². The van der Waals surface area contributed by atoms with Crippen LogP contribution in [0.4, 0.5) is 0 Å². The average molecular weight is 387 g/mol. The third kappa shape index (κ3) is 12.7. The largest absolute Gasteiger partial charge is 0.404 e. The van der Waals surface area contributed by atoms with Crippen LogP contribution in [0.1, 0.15) is 71.1 Å². The fourth-order valence-electron chi connectivity index (χ4n) is 2.22. The van der Waals surface area contributed by atoms with E-state index in [1.54, 1.807) is 0 Å². The van der Waals surface area contributed by atoms with Crippen LogP contribution in [0, 0.1) is 0 Å². The van der Waals surface area contributed by atoms with Gasteiger partial charge in [0, 0.05) is 0 Å². The minimum atomic E-state index is -4.20. The molecule has 0 radical (unpaired) electrons. The lowest BCUT2D eigenvalue weighted by Crippen LogP contribution is -2.52. The number of quaternary nitrogens is 1. The molecule has 0 aliphatic carbocycles. The van der Waals surface area contributed by atoms with E-state index >= 15 is 0 Å². The Kier molecular flexibility index (Phi) is 14.7. The molecule has 0 atom stereocenters. The second-order valence-electron chi connectivity index (χ2n) is 6.43. The van der Waals surface area contributed by atoms with Crippen molar-refractivity contribution in [2.45, 2.75) is 71.1 Å². The van der Waals surface area contributed by atoms with Gasteiger partial charge in [0.15, 0.2) is 20.2 Å². The van der Waals surface area contributed by atoms with E-state index in [-0.39, 0.29) is 6.61 Å². The maximum atomic E-state index is 11.6. The van der Waals surface area contributed by atoms with Crippen LogP contribution < -0.4 is 0 Å². The predicted octanol–water partition coefficient (Wildman–Crippen LogP) is 1.81. The highest BCUT2D eigenvalue weighted by molar-refractivity contribution is 7.81. The normalized spacial score (nSPS) is 12.6. The molecule has 0 unspecified atom stereocenters. The summed E-state index contributed by atoms with van der Waals surface area (Å²) in [5.74, 6) is 0. The van der Waals surface area contributed by atoms with Crippen LogP contribution in [-0.2, 0) is 18.8 Å². The molecule has 0 amide bonds. The van der Waals surface area contributed by atoms with E-state index in [0.29, 0.717) is 6.42 Å². The van der Waals surface area contributed by atoms with Gasteiger partial charge < -0.3 is 15.3 Å². The number of unbranched alkanes of at least 4 members (excludes halogenated alkanes) is 9. The van der Waals surface area contributed by atoms with Gasteiger partial charge in [-0.1, -0.05) is 64.7 Å². The highest BCUT2D eigenvalue weighted by Crippen LogP contribution is 2.11. The second-order valence-corrected chi connectivity index (χ2v) is 7.71. The molecule has 9 heteroatoms. The molecular formula is C16H36NO7S+. The van der Waals surface area contributed by atoms with E-state index in [9.17, 15) is 8.42 Å². The lowest BCUT2D eigenvalue weighted by molar-refractivity contribution is -0.989. The van der Waals surface area contributed by atoms with Gasteiger partial charge in [0.05, 0.1) is 6.61 Å². The summed E-state index contributed by atoms with van der Waals surface area (Å²) in [5.41, 5.74) is 0. The molecule has 0 aromatic rings.